The van der Waals surface area contributed by atoms with Gasteiger partial charge in [0.05, 0.1) is 6.61 Å². The molecular weight excluding hydrogens is 391 g/mol. The number of piperidine rings is 1. The third-order valence-electron chi connectivity index (χ3n) is 5.66. The highest BCUT2D eigenvalue weighted by molar-refractivity contribution is 5.94. The van der Waals surface area contributed by atoms with Gasteiger partial charge in [0.2, 0.25) is 0 Å². The van der Waals surface area contributed by atoms with Gasteiger partial charge in [-0.25, -0.2) is 4.39 Å². The molecule has 0 bridgehead atoms. The Balaban J connectivity index is 1.47. The minimum absolute atomic E-state index is 0.0311. The zero-order chi connectivity index (χ0) is 22.3. The summed E-state index contributed by atoms with van der Waals surface area (Å²) in [5.74, 6) is 1.35. The van der Waals surface area contributed by atoms with Crippen LogP contribution in [0.25, 0.3) is 11.1 Å². The largest absolute Gasteiger partial charge is 0.493 e. The topological polar surface area (TPSA) is 41.6 Å². The van der Waals surface area contributed by atoms with E-state index in [9.17, 15) is 9.18 Å². The highest BCUT2D eigenvalue weighted by Crippen LogP contribution is 2.25. The van der Waals surface area contributed by atoms with Crippen molar-refractivity contribution < 1.29 is 13.9 Å². The van der Waals surface area contributed by atoms with Gasteiger partial charge in [-0.1, -0.05) is 31.2 Å². The molecule has 1 heterocycles. The average molecular weight is 427 g/mol. The molecule has 0 radical (unpaired) electrons. The first-order valence-corrected chi connectivity index (χ1v) is 11.4. The quantitative estimate of drug-likeness (QED) is 0.589. The molecule has 0 aliphatic carbocycles. The Morgan fingerprint density at radius 1 is 1.06 bits per heavy atom. The summed E-state index contributed by atoms with van der Waals surface area (Å²) in [7, 11) is 0. The Hall–Kier alpha value is -2.40. The van der Waals surface area contributed by atoms with Crippen molar-refractivity contribution in [2.75, 3.05) is 32.8 Å². The highest BCUT2D eigenvalue weighted by Gasteiger charge is 2.25. The summed E-state index contributed by atoms with van der Waals surface area (Å²) >= 11 is 0. The van der Waals surface area contributed by atoms with Crippen LogP contribution in [0, 0.1) is 5.92 Å². The van der Waals surface area contributed by atoms with Gasteiger partial charge in [-0.2, -0.15) is 0 Å². The van der Waals surface area contributed by atoms with E-state index >= 15 is 0 Å². The van der Waals surface area contributed by atoms with E-state index in [0.717, 1.165) is 49.2 Å². The van der Waals surface area contributed by atoms with Gasteiger partial charge in [-0.05, 0) is 87.5 Å². The molecule has 31 heavy (non-hydrogen) atoms. The summed E-state index contributed by atoms with van der Waals surface area (Å²) < 4.78 is 19.8. The van der Waals surface area contributed by atoms with Crippen molar-refractivity contribution >= 4 is 5.91 Å². The Morgan fingerprint density at radius 2 is 1.65 bits per heavy atom. The van der Waals surface area contributed by atoms with Crippen LogP contribution in [-0.2, 0) is 0 Å². The number of alkyl halides is 1. The standard InChI is InChI=1S/C26H35FN2O2/c1-4-15-28-25(30)23-7-5-21(6-8-23)22-9-11-24(12-10-22)31-18-20-13-16-29(17-14-20)19-26(2,3)27/h5-12,20H,4,13-19H2,1-3H3,(H,28,30). The van der Waals surface area contributed by atoms with Crippen LogP contribution in [-0.4, -0.2) is 49.3 Å². The number of likely N-dealkylation sites (tertiary alicyclic amines) is 1. The number of carbonyl (C=O) groups excluding carboxylic acids is 1. The molecule has 4 nitrogen and oxygen atoms in total. The average Bonchev–Trinajstić information content (AvgIpc) is 2.76. The lowest BCUT2D eigenvalue weighted by Crippen LogP contribution is -2.41. The van der Waals surface area contributed by atoms with Crippen molar-refractivity contribution in [3.05, 3.63) is 54.1 Å². The van der Waals surface area contributed by atoms with Crippen LogP contribution >= 0.6 is 0 Å². The van der Waals surface area contributed by atoms with Crippen LogP contribution in [0.4, 0.5) is 4.39 Å². The number of rotatable bonds is 9. The highest BCUT2D eigenvalue weighted by atomic mass is 19.1. The monoisotopic (exact) mass is 426 g/mol. The number of amides is 1. The van der Waals surface area contributed by atoms with E-state index in [1.807, 2.05) is 55.5 Å². The summed E-state index contributed by atoms with van der Waals surface area (Å²) in [5.41, 5.74) is 1.71. The summed E-state index contributed by atoms with van der Waals surface area (Å²) in [6.07, 6.45) is 3.02. The molecule has 1 saturated heterocycles. The zero-order valence-corrected chi connectivity index (χ0v) is 19.0. The van der Waals surface area contributed by atoms with E-state index in [1.165, 1.54) is 0 Å². The molecule has 168 valence electrons. The predicted octanol–water partition coefficient (Wildman–Crippen LogP) is 5.33. The van der Waals surface area contributed by atoms with Crippen LogP contribution in [0.1, 0.15) is 50.4 Å². The summed E-state index contributed by atoms with van der Waals surface area (Å²) in [5, 5.41) is 2.89. The summed E-state index contributed by atoms with van der Waals surface area (Å²) in [6, 6.07) is 15.8. The number of hydrogen-bond acceptors (Lipinski definition) is 3. The number of benzene rings is 2. The Kier molecular flexibility index (Phi) is 8.08. The summed E-state index contributed by atoms with van der Waals surface area (Å²) in [6.45, 7) is 9.10. The van der Waals surface area contributed by atoms with Gasteiger partial charge in [-0.3, -0.25) is 4.79 Å². The number of ether oxygens (including phenoxy) is 1. The first-order valence-electron chi connectivity index (χ1n) is 11.4. The lowest BCUT2D eigenvalue weighted by Gasteiger charge is -2.34. The third-order valence-corrected chi connectivity index (χ3v) is 5.66. The second kappa shape index (κ2) is 10.8. The Labute approximate surface area is 185 Å². The zero-order valence-electron chi connectivity index (χ0n) is 19.0. The van der Waals surface area contributed by atoms with Crippen molar-refractivity contribution in [3.63, 3.8) is 0 Å². The van der Waals surface area contributed by atoms with E-state index in [-0.39, 0.29) is 5.91 Å². The van der Waals surface area contributed by atoms with Gasteiger partial charge in [0.1, 0.15) is 11.4 Å². The van der Waals surface area contributed by atoms with Gasteiger partial charge < -0.3 is 15.0 Å². The van der Waals surface area contributed by atoms with Crippen LogP contribution in [0.15, 0.2) is 48.5 Å². The normalized spacial score (nSPS) is 15.6. The fourth-order valence-corrected chi connectivity index (χ4v) is 3.96. The van der Waals surface area contributed by atoms with Crippen LogP contribution < -0.4 is 10.1 Å². The number of nitrogens with one attached hydrogen (secondary N) is 1. The Bertz CT molecular complexity index is 820. The van der Waals surface area contributed by atoms with Gasteiger partial charge in [-0.15, -0.1) is 0 Å². The maximum absolute atomic E-state index is 13.8. The molecule has 1 fully saturated rings. The Morgan fingerprint density at radius 3 is 2.19 bits per heavy atom. The fourth-order valence-electron chi connectivity index (χ4n) is 3.96. The van der Waals surface area contributed by atoms with E-state index < -0.39 is 5.67 Å². The smallest absolute Gasteiger partial charge is 0.251 e. The lowest BCUT2D eigenvalue weighted by molar-refractivity contribution is 0.0836. The molecule has 5 heteroatoms. The molecule has 0 saturated carbocycles. The lowest BCUT2D eigenvalue weighted by atomic mass is 9.97. The van der Waals surface area contributed by atoms with E-state index in [2.05, 4.69) is 10.2 Å². The van der Waals surface area contributed by atoms with Crippen LogP contribution in [0.5, 0.6) is 5.75 Å². The molecule has 1 aliphatic heterocycles. The van der Waals surface area contributed by atoms with Crippen molar-refractivity contribution in [1.82, 2.24) is 10.2 Å². The first kappa shape index (κ1) is 23.3. The second-order valence-corrected chi connectivity index (χ2v) is 9.11. The van der Waals surface area contributed by atoms with Crippen molar-refractivity contribution in [2.24, 2.45) is 5.92 Å². The number of carbonyl (C=O) groups is 1. The number of hydrogen-bond donors (Lipinski definition) is 1. The molecule has 2 aromatic rings. The molecule has 0 aromatic heterocycles. The SMILES string of the molecule is CCCNC(=O)c1ccc(-c2ccc(OCC3CCN(CC(C)(C)F)CC3)cc2)cc1. The van der Waals surface area contributed by atoms with Crippen LogP contribution in [0.3, 0.4) is 0 Å². The number of halogens is 1. The predicted molar refractivity (Wildman–Crippen MR) is 124 cm³/mol. The maximum Gasteiger partial charge on any atom is 0.251 e. The summed E-state index contributed by atoms with van der Waals surface area (Å²) in [4.78, 5) is 14.2. The second-order valence-electron chi connectivity index (χ2n) is 9.11. The minimum Gasteiger partial charge on any atom is -0.493 e. The van der Waals surface area contributed by atoms with E-state index in [4.69, 9.17) is 4.74 Å². The molecular formula is C26H35FN2O2. The molecule has 0 spiro atoms. The molecule has 1 amide bonds. The molecule has 0 unspecified atom stereocenters. The van der Waals surface area contributed by atoms with E-state index in [0.29, 0.717) is 31.2 Å². The van der Waals surface area contributed by atoms with Gasteiger partial charge in [0.15, 0.2) is 0 Å². The fraction of sp³-hybridized carbons (Fsp3) is 0.500. The van der Waals surface area contributed by atoms with Gasteiger partial charge in [0, 0.05) is 18.7 Å². The minimum atomic E-state index is -1.13. The molecule has 1 N–H and O–H groups in total. The molecule has 0 atom stereocenters. The van der Waals surface area contributed by atoms with Gasteiger partial charge in [0.25, 0.3) is 5.91 Å². The first-order chi connectivity index (χ1) is 14.8. The molecule has 2 aromatic carbocycles. The number of nitrogens with zero attached hydrogens (tertiary/aromatic N) is 1. The van der Waals surface area contributed by atoms with Gasteiger partial charge >= 0.3 is 0 Å². The maximum atomic E-state index is 13.8. The van der Waals surface area contributed by atoms with Crippen LogP contribution in [0.2, 0.25) is 0 Å². The molecule has 3 rings (SSSR count). The third kappa shape index (κ3) is 7.35. The van der Waals surface area contributed by atoms with Crippen molar-refractivity contribution in [2.45, 2.75) is 45.7 Å². The molecule has 1 aliphatic rings. The van der Waals surface area contributed by atoms with E-state index in [1.54, 1.807) is 13.8 Å². The van der Waals surface area contributed by atoms with Crippen molar-refractivity contribution in [1.29, 1.82) is 0 Å². The van der Waals surface area contributed by atoms with Crippen molar-refractivity contribution in [3.8, 4) is 16.9 Å².